The van der Waals surface area contributed by atoms with Crippen LogP contribution >= 0.6 is 0 Å². The molecule has 0 aromatic carbocycles. The Morgan fingerprint density at radius 2 is 1.67 bits per heavy atom. The van der Waals surface area contributed by atoms with E-state index in [4.69, 9.17) is 0 Å². The summed E-state index contributed by atoms with van der Waals surface area (Å²) in [4.78, 5) is 4.30. The van der Waals surface area contributed by atoms with Gasteiger partial charge in [-0.25, -0.2) is 0 Å². The Labute approximate surface area is 74.0 Å². The van der Waals surface area contributed by atoms with Gasteiger partial charge in [-0.05, 0) is 39.8 Å². The lowest BCUT2D eigenvalue weighted by atomic mass is 10.2. The van der Waals surface area contributed by atoms with Crippen LogP contribution in [0.2, 0.25) is 0 Å². The molecule has 1 rings (SSSR count). The van der Waals surface area contributed by atoms with Crippen LogP contribution in [0.25, 0.3) is 0 Å². The van der Waals surface area contributed by atoms with Crippen molar-refractivity contribution >= 4 is 5.69 Å². The maximum Gasteiger partial charge on any atom is 0.0396 e. The van der Waals surface area contributed by atoms with E-state index in [0.29, 0.717) is 6.04 Å². The quantitative estimate of drug-likeness (QED) is 0.726. The van der Waals surface area contributed by atoms with Crippen LogP contribution < -0.4 is 5.32 Å². The average molecular weight is 164 g/mol. The van der Waals surface area contributed by atoms with Gasteiger partial charge in [-0.2, -0.15) is 0 Å². The van der Waals surface area contributed by atoms with E-state index in [1.54, 1.807) is 0 Å². The molecule has 0 spiro atoms. The number of aryl methyl sites for hydroxylation is 2. The minimum Gasteiger partial charge on any atom is -0.383 e. The summed E-state index contributed by atoms with van der Waals surface area (Å²) >= 11 is 0. The van der Waals surface area contributed by atoms with Gasteiger partial charge in [0.1, 0.15) is 0 Å². The molecule has 2 nitrogen and oxygen atoms in total. The van der Waals surface area contributed by atoms with Crippen molar-refractivity contribution in [3.63, 3.8) is 0 Å². The van der Waals surface area contributed by atoms with Crippen LogP contribution in [-0.2, 0) is 0 Å². The van der Waals surface area contributed by atoms with Crippen LogP contribution in [0.5, 0.6) is 0 Å². The first-order valence-electron chi connectivity index (χ1n) is 4.30. The van der Waals surface area contributed by atoms with Gasteiger partial charge < -0.3 is 5.32 Å². The van der Waals surface area contributed by atoms with Crippen molar-refractivity contribution in [2.75, 3.05) is 5.32 Å². The SMILES string of the molecule is Cc1cc(NC(C)C)cc(C)n1. The summed E-state index contributed by atoms with van der Waals surface area (Å²) in [6.45, 7) is 8.28. The van der Waals surface area contributed by atoms with Gasteiger partial charge in [0.15, 0.2) is 0 Å². The van der Waals surface area contributed by atoms with Crippen LogP contribution in [0.4, 0.5) is 5.69 Å². The lowest BCUT2D eigenvalue weighted by molar-refractivity contribution is 0.897. The number of hydrogen-bond acceptors (Lipinski definition) is 2. The third kappa shape index (κ3) is 2.53. The molecule has 0 bridgehead atoms. The summed E-state index contributed by atoms with van der Waals surface area (Å²) in [6.07, 6.45) is 0. The molecule has 0 aliphatic heterocycles. The highest BCUT2D eigenvalue weighted by atomic mass is 14.9. The molecule has 2 heteroatoms. The number of nitrogens with one attached hydrogen (secondary N) is 1. The minimum absolute atomic E-state index is 0.478. The molecular formula is C10H16N2. The lowest BCUT2D eigenvalue weighted by Gasteiger charge is -2.10. The Hall–Kier alpha value is -1.05. The molecule has 0 radical (unpaired) electrons. The molecule has 0 saturated carbocycles. The predicted molar refractivity (Wildman–Crippen MR) is 52.5 cm³/mol. The van der Waals surface area contributed by atoms with Crippen LogP contribution in [0, 0.1) is 13.8 Å². The zero-order valence-corrected chi connectivity index (χ0v) is 8.18. The van der Waals surface area contributed by atoms with Gasteiger partial charge in [0.05, 0.1) is 0 Å². The molecule has 0 unspecified atom stereocenters. The Morgan fingerprint density at radius 3 is 2.08 bits per heavy atom. The molecule has 0 aliphatic carbocycles. The van der Waals surface area contributed by atoms with Crippen molar-refractivity contribution in [3.8, 4) is 0 Å². The third-order valence-corrected chi connectivity index (χ3v) is 1.54. The fraction of sp³-hybridized carbons (Fsp3) is 0.500. The van der Waals surface area contributed by atoms with Gasteiger partial charge in [0.2, 0.25) is 0 Å². The molecule has 0 saturated heterocycles. The first-order chi connectivity index (χ1) is 5.58. The summed E-state index contributed by atoms with van der Waals surface area (Å²) in [5.74, 6) is 0. The van der Waals surface area contributed by atoms with E-state index in [1.807, 2.05) is 13.8 Å². The molecule has 66 valence electrons. The lowest BCUT2D eigenvalue weighted by Crippen LogP contribution is -2.10. The second kappa shape index (κ2) is 3.57. The van der Waals surface area contributed by atoms with Crippen LogP contribution in [0.1, 0.15) is 25.2 Å². The molecule has 1 aromatic heterocycles. The van der Waals surface area contributed by atoms with Gasteiger partial charge in [-0.15, -0.1) is 0 Å². The Balaban J connectivity index is 2.85. The van der Waals surface area contributed by atoms with Gasteiger partial charge in [-0.3, -0.25) is 4.98 Å². The maximum absolute atomic E-state index is 4.30. The Morgan fingerprint density at radius 1 is 1.17 bits per heavy atom. The zero-order chi connectivity index (χ0) is 9.14. The number of anilines is 1. The largest absolute Gasteiger partial charge is 0.383 e. The number of aromatic nitrogens is 1. The molecule has 1 aromatic rings. The second-order valence-electron chi connectivity index (χ2n) is 3.44. The van der Waals surface area contributed by atoms with Gasteiger partial charge in [-0.1, -0.05) is 0 Å². The smallest absolute Gasteiger partial charge is 0.0396 e. The number of rotatable bonds is 2. The van der Waals surface area contributed by atoms with E-state index in [1.165, 1.54) is 0 Å². The van der Waals surface area contributed by atoms with E-state index in [2.05, 4.69) is 36.3 Å². The molecule has 1 heterocycles. The third-order valence-electron chi connectivity index (χ3n) is 1.54. The molecule has 12 heavy (non-hydrogen) atoms. The Bertz CT molecular complexity index is 246. The Kier molecular flexibility index (Phi) is 2.69. The number of hydrogen-bond donors (Lipinski definition) is 1. The van der Waals surface area contributed by atoms with Crippen LogP contribution in [0.15, 0.2) is 12.1 Å². The molecule has 0 aliphatic rings. The maximum atomic E-state index is 4.30. The van der Waals surface area contributed by atoms with Gasteiger partial charge >= 0.3 is 0 Å². The van der Waals surface area contributed by atoms with Gasteiger partial charge in [0.25, 0.3) is 0 Å². The topological polar surface area (TPSA) is 24.9 Å². The molecule has 0 atom stereocenters. The van der Waals surface area contributed by atoms with Crippen molar-refractivity contribution in [1.29, 1.82) is 0 Å². The summed E-state index contributed by atoms with van der Waals surface area (Å²) in [7, 11) is 0. The molecular weight excluding hydrogens is 148 g/mol. The van der Waals surface area contributed by atoms with E-state index in [0.717, 1.165) is 17.1 Å². The van der Waals surface area contributed by atoms with Crippen molar-refractivity contribution < 1.29 is 0 Å². The molecule has 1 N–H and O–H groups in total. The van der Waals surface area contributed by atoms with Crippen LogP contribution in [0.3, 0.4) is 0 Å². The molecule has 0 amide bonds. The molecule has 0 fully saturated rings. The van der Waals surface area contributed by atoms with Crippen molar-refractivity contribution in [2.24, 2.45) is 0 Å². The van der Waals surface area contributed by atoms with E-state index < -0.39 is 0 Å². The minimum atomic E-state index is 0.478. The fourth-order valence-corrected chi connectivity index (χ4v) is 1.25. The summed E-state index contributed by atoms with van der Waals surface area (Å²) in [5.41, 5.74) is 3.30. The average Bonchev–Trinajstić information content (AvgIpc) is 1.81. The van der Waals surface area contributed by atoms with Crippen molar-refractivity contribution in [1.82, 2.24) is 4.98 Å². The number of nitrogens with zero attached hydrogens (tertiary/aromatic N) is 1. The fourth-order valence-electron chi connectivity index (χ4n) is 1.25. The second-order valence-corrected chi connectivity index (χ2v) is 3.44. The first kappa shape index (κ1) is 9.04. The van der Waals surface area contributed by atoms with Crippen molar-refractivity contribution in [2.45, 2.75) is 33.7 Å². The summed E-state index contributed by atoms with van der Waals surface area (Å²) in [6, 6.07) is 4.60. The highest BCUT2D eigenvalue weighted by Gasteiger charge is 1.97. The monoisotopic (exact) mass is 164 g/mol. The van der Waals surface area contributed by atoms with E-state index >= 15 is 0 Å². The summed E-state index contributed by atoms with van der Waals surface area (Å²) < 4.78 is 0. The zero-order valence-electron chi connectivity index (χ0n) is 8.18. The predicted octanol–water partition coefficient (Wildman–Crippen LogP) is 2.52. The van der Waals surface area contributed by atoms with Gasteiger partial charge in [0, 0.05) is 23.1 Å². The van der Waals surface area contributed by atoms with Crippen LogP contribution in [-0.4, -0.2) is 11.0 Å². The first-order valence-corrected chi connectivity index (χ1v) is 4.30. The highest BCUT2D eigenvalue weighted by molar-refractivity contribution is 5.45. The standard InChI is InChI=1S/C10H16N2/c1-7(2)11-10-5-8(3)12-9(4)6-10/h5-7H,1-4H3,(H,11,12). The van der Waals surface area contributed by atoms with E-state index in [9.17, 15) is 0 Å². The number of pyridine rings is 1. The summed E-state index contributed by atoms with van der Waals surface area (Å²) in [5, 5.41) is 3.35. The van der Waals surface area contributed by atoms with Crippen molar-refractivity contribution in [3.05, 3.63) is 23.5 Å². The van der Waals surface area contributed by atoms with E-state index in [-0.39, 0.29) is 0 Å². The normalized spacial score (nSPS) is 10.4. The highest BCUT2D eigenvalue weighted by Crippen LogP contribution is 2.11.